The second-order valence-corrected chi connectivity index (χ2v) is 4.28. The van der Waals surface area contributed by atoms with E-state index in [0.29, 0.717) is 0 Å². The molecule has 0 fully saturated rings. The molecule has 0 saturated heterocycles. The quantitative estimate of drug-likeness (QED) is 0.602. The molecule has 0 bridgehead atoms. The Hall–Kier alpha value is -0.560. The number of rotatable bonds is 4. The van der Waals surface area contributed by atoms with Crippen LogP contribution in [0.15, 0.2) is 23.8 Å². The van der Waals surface area contributed by atoms with Gasteiger partial charge in [-0.25, -0.2) is 0 Å². The molecule has 0 saturated carbocycles. The summed E-state index contributed by atoms with van der Waals surface area (Å²) < 4.78 is 0. The summed E-state index contributed by atoms with van der Waals surface area (Å²) in [6.45, 7) is 15.8. The average Bonchev–Trinajstić information content (AvgIpc) is 2.01. The van der Waals surface area contributed by atoms with Gasteiger partial charge in [0.2, 0.25) is 0 Å². The summed E-state index contributed by atoms with van der Waals surface area (Å²) in [5, 5.41) is 0. The number of hydrogen-bond donors (Lipinski definition) is 0. The van der Waals surface area contributed by atoms with Gasteiger partial charge in [-0.05, 0) is 41.3 Å². The molecule has 0 unspecified atom stereocenters. The molecular formula is C12H23N. The second-order valence-electron chi connectivity index (χ2n) is 4.28. The molecule has 0 radical (unpaired) electrons. The highest BCUT2D eigenvalue weighted by Gasteiger charge is 2.19. The van der Waals surface area contributed by atoms with Crippen molar-refractivity contribution in [1.82, 2.24) is 4.90 Å². The highest BCUT2D eigenvalue weighted by molar-refractivity contribution is 5.27. The van der Waals surface area contributed by atoms with Crippen LogP contribution in [-0.4, -0.2) is 24.0 Å². The van der Waals surface area contributed by atoms with Crippen LogP contribution in [0.1, 0.15) is 34.6 Å². The predicted octanol–water partition coefficient (Wildman–Crippen LogP) is 3.24. The molecule has 0 atom stereocenters. The molecule has 0 amide bonds. The predicted molar refractivity (Wildman–Crippen MR) is 61.0 cm³/mol. The Morgan fingerprint density at radius 1 is 1.38 bits per heavy atom. The van der Waals surface area contributed by atoms with E-state index in [4.69, 9.17) is 0 Å². The third-order valence-corrected chi connectivity index (χ3v) is 2.70. The first-order chi connectivity index (χ1) is 5.81. The van der Waals surface area contributed by atoms with E-state index in [1.165, 1.54) is 5.57 Å². The van der Waals surface area contributed by atoms with Crippen LogP contribution >= 0.6 is 0 Å². The van der Waals surface area contributed by atoms with Crippen LogP contribution in [0.5, 0.6) is 0 Å². The van der Waals surface area contributed by atoms with E-state index in [0.717, 1.165) is 12.1 Å². The smallest absolute Gasteiger partial charge is 0.0337 e. The van der Waals surface area contributed by atoms with Gasteiger partial charge in [0.05, 0.1) is 0 Å². The topological polar surface area (TPSA) is 3.24 Å². The van der Waals surface area contributed by atoms with E-state index in [9.17, 15) is 0 Å². The van der Waals surface area contributed by atoms with Gasteiger partial charge in [-0.2, -0.15) is 0 Å². The van der Waals surface area contributed by atoms with Crippen molar-refractivity contribution in [2.24, 2.45) is 0 Å². The van der Waals surface area contributed by atoms with E-state index < -0.39 is 0 Å². The summed E-state index contributed by atoms with van der Waals surface area (Å²) in [6, 6.07) is 0. The molecule has 13 heavy (non-hydrogen) atoms. The SMILES string of the molecule is C=C(C)/C(C)=C/C(C)(C)N(C)CC. The fourth-order valence-electron chi connectivity index (χ4n) is 1.17. The Labute approximate surface area is 83.1 Å². The first-order valence-electron chi connectivity index (χ1n) is 4.88. The third kappa shape index (κ3) is 3.77. The van der Waals surface area contributed by atoms with E-state index in [-0.39, 0.29) is 5.54 Å². The lowest BCUT2D eigenvalue weighted by atomic mass is 9.97. The molecule has 0 aliphatic rings. The molecule has 0 rings (SSSR count). The maximum atomic E-state index is 3.94. The van der Waals surface area contributed by atoms with Crippen molar-refractivity contribution in [2.45, 2.75) is 40.2 Å². The van der Waals surface area contributed by atoms with Gasteiger partial charge in [-0.1, -0.05) is 30.7 Å². The largest absolute Gasteiger partial charge is 0.298 e. The Balaban J connectivity index is 4.66. The van der Waals surface area contributed by atoms with Gasteiger partial charge in [0, 0.05) is 5.54 Å². The number of nitrogens with zero attached hydrogens (tertiary/aromatic N) is 1. The van der Waals surface area contributed by atoms with Crippen LogP contribution in [0.25, 0.3) is 0 Å². The maximum Gasteiger partial charge on any atom is 0.0337 e. The van der Waals surface area contributed by atoms with Gasteiger partial charge >= 0.3 is 0 Å². The summed E-state index contributed by atoms with van der Waals surface area (Å²) >= 11 is 0. The van der Waals surface area contributed by atoms with Gasteiger partial charge in [0.1, 0.15) is 0 Å². The molecular weight excluding hydrogens is 158 g/mol. The van der Waals surface area contributed by atoms with Crippen molar-refractivity contribution in [3.63, 3.8) is 0 Å². The summed E-state index contributed by atoms with van der Waals surface area (Å²) in [5.74, 6) is 0. The summed E-state index contributed by atoms with van der Waals surface area (Å²) in [4.78, 5) is 2.32. The Morgan fingerprint density at radius 2 is 1.85 bits per heavy atom. The normalized spacial score (nSPS) is 13.6. The van der Waals surface area contributed by atoms with Crippen LogP contribution in [0.3, 0.4) is 0 Å². The summed E-state index contributed by atoms with van der Waals surface area (Å²) in [5.41, 5.74) is 2.56. The minimum Gasteiger partial charge on any atom is -0.298 e. The number of allylic oxidation sites excluding steroid dienone is 2. The molecule has 0 aliphatic heterocycles. The molecule has 0 N–H and O–H groups in total. The van der Waals surface area contributed by atoms with E-state index in [2.05, 4.69) is 52.3 Å². The molecule has 0 aromatic carbocycles. The summed E-state index contributed by atoms with van der Waals surface area (Å²) in [6.07, 6.45) is 2.28. The number of likely N-dealkylation sites (N-methyl/N-ethyl adjacent to an activating group) is 1. The van der Waals surface area contributed by atoms with Gasteiger partial charge in [-0.15, -0.1) is 0 Å². The van der Waals surface area contributed by atoms with Crippen molar-refractivity contribution in [3.05, 3.63) is 23.8 Å². The lowest BCUT2D eigenvalue weighted by Crippen LogP contribution is -2.39. The van der Waals surface area contributed by atoms with Crippen LogP contribution < -0.4 is 0 Å². The van der Waals surface area contributed by atoms with Crippen LogP contribution in [-0.2, 0) is 0 Å². The van der Waals surface area contributed by atoms with Crippen molar-refractivity contribution >= 4 is 0 Å². The minimum absolute atomic E-state index is 0.123. The van der Waals surface area contributed by atoms with E-state index in [1.54, 1.807) is 0 Å². The van der Waals surface area contributed by atoms with Crippen LogP contribution in [0, 0.1) is 0 Å². The standard InChI is InChI=1S/C12H23N/c1-8-13(7)12(5,6)9-11(4)10(2)3/h9H,2,8H2,1,3-7H3/b11-9+. The number of hydrogen-bond acceptors (Lipinski definition) is 1. The highest BCUT2D eigenvalue weighted by atomic mass is 15.1. The van der Waals surface area contributed by atoms with Crippen molar-refractivity contribution in [2.75, 3.05) is 13.6 Å². The zero-order chi connectivity index (χ0) is 10.6. The van der Waals surface area contributed by atoms with E-state index >= 15 is 0 Å². The maximum absolute atomic E-state index is 3.94. The van der Waals surface area contributed by atoms with Crippen molar-refractivity contribution in [3.8, 4) is 0 Å². The lowest BCUT2D eigenvalue weighted by molar-refractivity contribution is 0.214. The third-order valence-electron chi connectivity index (χ3n) is 2.70. The first kappa shape index (κ1) is 12.4. The molecule has 0 spiro atoms. The van der Waals surface area contributed by atoms with Crippen LogP contribution in [0.2, 0.25) is 0 Å². The molecule has 0 aliphatic carbocycles. The molecule has 1 heteroatoms. The Bertz CT molecular complexity index is 211. The van der Waals surface area contributed by atoms with Crippen molar-refractivity contribution < 1.29 is 0 Å². The average molecular weight is 181 g/mol. The Morgan fingerprint density at radius 3 is 2.15 bits per heavy atom. The highest BCUT2D eigenvalue weighted by Crippen LogP contribution is 2.18. The van der Waals surface area contributed by atoms with Crippen molar-refractivity contribution in [1.29, 1.82) is 0 Å². The molecule has 0 heterocycles. The fourth-order valence-corrected chi connectivity index (χ4v) is 1.17. The molecule has 76 valence electrons. The summed E-state index contributed by atoms with van der Waals surface area (Å²) in [7, 11) is 2.14. The lowest BCUT2D eigenvalue weighted by Gasteiger charge is -2.32. The van der Waals surface area contributed by atoms with Gasteiger partial charge in [0.15, 0.2) is 0 Å². The Kier molecular flexibility index (Phi) is 4.41. The molecule has 1 nitrogen and oxygen atoms in total. The van der Waals surface area contributed by atoms with Gasteiger partial charge in [0.25, 0.3) is 0 Å². The van der Waals surface area contributed by atoms with E-state index in [1.807, 2.05) is 6.92 Å². The fraction of sp³-hybridized carbons (Fsp3) is 0.667. The first-order valence-corrected chi connectivity index (χ1v) is 4.88. The zero-order valence-electron chi connectivity index (χ0n) is 9.94. The molecule has 0 aromatic rings. The minimum atomic E-state index is 0.123. The molecule has 0 aromatic heterocycles. The van der Waals surface area contributed by atoms with Gasteiger partial charge < -0.3 is 0 Å². The van der Waals surface area contributed by atoms with Crippen LogP contribution in [0.4, 0.5) is 0 Å². The zero-order valence-corrected chi connectivity index (χ0v) is 9.94. The monoisotopic (exact) mass is 181 g/mol. The van der Waals surface area contributed by atoms with Gasteiger partial charge in [-0.3, -0.25) is 4.90 Å². The second kappa shape index (κ2) is 4.61.